The second-order valence-corrected chi connectivity index (χ2v) is 7.20. The van der Waals surface area contributed by atoms with Crippen molar-refractivity contribution >= 4 is 22.9 Å². The Hall–Kier alpha value is -2.47. The van der Waals surface area contributed by atoms with Crippen molar-refractivity contribution in [3.05, 3.63) is 51.9 Å². The third kappa shape index (κ3) is 2.63. The van der Waals surface area contributed by atoms with E-state index >= 15 is 0 Å². The van der Waals surface area contributed by atoms with E-state index < -0.39 is 0 Å². The van der Waals surface area contributed by atoms with Crippen molar-refractivity contribution in [3.63, 3.8) is 0 Å². The highest BCUT2D eigenvalue weighted by Gasteiger charge is 2.17. The van der Waals surface area contributed by atoms with E-state index in [2.05, 4.69) is 25.9 Å². The molecular formula is C18H18N4OS. The molecule has 0 radical (unpaired) electrons. The summed E-state index contributed by atoms with van der Waals surface area (Å²) in [6, 6.07) is 7.93. The molecule has 1 N–H and O–H groups in total. The third-order valence-corrected chi connectivity index (χ3v) is 5.32. The highest BCUT2D eigenvalue weighted by atomic mass is 32.1. The van der Waals surface area contributed by atoms with Crippen molar-refractivity contribution in [3.8, 4) is 11.3 Å². The largest absolute Gasteiger partial charge is 0.328 e. The minimum Gasteiger partial charge on any atom is -0.328 e. The van der Waals surface area contributed by atoms with E-state index in [1.807, 2.05) is 38.2 Å². The molecule has 0 saturated carbocycles. The fraction of sp³-hybridized carbons (Fsp3) is 0.278. The summed E-state index contributed by atoms with van der Waals surface area (Å²) < 4.78 is 2.26. The van der Waals surface area contributed by atoms with Gasteiger partial charge >= 0.3 is 0 Å². The number of fused-ring (bicyclic) bond motifs is 1. The summed E-state index contributed by atoms with van der Waals surface area (Å²) in [5.74, 6) is 1.05. The Bertz CT molecular complexity index is 925. The van der Waals surface area contributed by atoms with Gasteiger partial charge in [0.2, 0.25) is 0 Å². The van der Waals surface area contributed by atoms with Crippen LogP contribution >= 0.6 is 11.3 Å². The first kappa shape index (κ1) is 15.1. The quantitative estimate of drug-likeness (QED) is 0.790. The maximum Gasteiger partial charge on any atom is 0.267 e. The highest BCUT2D eigenvalue weighted by Crippen LogP contribution is 2.28. The fourth-order valence-corrected chi connectivity index (χ4v) is 3.99. The van der Waals surface area contributed by atoms with E-state index in [0.717, 1.165) is 52.9 Å². The van der Waals surface area contributed by atoms with E-state index in [1.165, 1.54) is 11.3 Å². The highest BCUT2D eigenvalue weighted by molar-refractivity contribution is 7.13. The molecule has 0 aliphatic carbocycles. The van der Waals surface area contributed by atoms with Gasteiger partial charge in [-0.05, 0) is 32.4 Å². The summed E-state index contributed by atoms with van der Waals surface area (Å²) in [6.45, 7) is 4.79. The molecule has 1 aliphatic rings. The van der Waals surface area contributed by atoms with Crippen LogP contribution in [0.1, 0.15) is 32.6 Å². The minimum absolute atomic E-state index is 0.103. The average molecular weight is 338 g/mol. The van der Waals surface area contributed by atoms with E-state index in [4.69, 9.17) is 0 Å². The predicted octanol–water partition coefficient (Wildman–Crippen LogP) is 3.82. The fourth-order valence-electron chi connectivity index (χ4n) is 3.17. The number of benzene rings is 1. The van der Waals surface area contributed by atoms with Crippen LogP contribution in [-0.4, -0.2) is 20.4 Å². The van der Waals surface area contributed by atoms with Crippen LogP contribution in [0.25, 0.3) is 11.3 Å². The zero-order valence-electron chi connectivity index (χ0n) is 13.7. The summed E-state index contributed by atoms with van der Waals surface area (Å²) in [6.07, 6.45) is 4.11. The first-order chi connectivity index (χ1) is 11.6. The lowest BCUT2D eigenvalue weighted by Gasteiger charge is -2.08. The third-order valence-electron chi connectivity index (χ3n) is 4.25. The number of carbonyl (C=O) groups is 1. The summed E-state index contributed by atoms with van der Waals surface area (Å²) >= 11 is 1.42. The SMILES string of the molecule is Cc1nc(C)c(C(=O)Nc2cccc(-c3cnc4n3CCC4)c2)s1. The van der Waals surface area contributed by atoms with E-state index in [0.29, 0.717) is 4.88 Å². The molecule has 3 aromatic rings. The Morgan fingerprint density at radius 1 is 1.33 bits per heavy atom. The molecule has 0 bridgehead atoms. The van der Waals surface area contributed by atoms with Gasteiger partial charge in [0.15, 0.2) is 0 Å². The van der Waals surface area contributed by atoms with Gasteiger partial charge in [0, 0.05) is 24.2 Å². The molecule has 0 fully saturated rings. The van der Waals surface area contributed by atoms with Gasteiger partial charge in [0.1, 0.15) is 10.7 Å². The number of imidazole rings is 1. The smallest absolute Gasteiger partial charge is 0.267 e. The number of carbonyl (C=O) groups excluding carboxylic acids is 1. The molecule has 4 rings (SSSR count). The van der Waals surface area contributed by atoms with E-state index in [9.17, 15) is 4.79 Å². The van der Waals surface area contributed by atoms with Crippen molar-refractivity contribution in [1.82, 2.24) is 14.5 Å². The molecule has 1 aliphatic heterocycles. The summed E-state index contributed by atoms with van der Waals surface area (Å²) in [4.78, 5) is 22.0. The first-order valence-corrected chi connectivity index (χ1v) is 8.83. The minimum atomic E-state index is -0.103. The Morgan fingerprint density at radius 2 is 2.21 bits per heavy atom. The van der Waals surface area contributed by atoms with Gasteiger partial charge in [0.25, 0.3) is 5.91 Å². The van der Waals surface area contributed by atoms with Crippen LogP contribution in [0.2, 0.25) is 0 Å². The molecule has 0 atom stereocenters. The molecular weight excluding hydrogens is 320 g/mol. The van der Waals surface area contributed by atoms with Crippen LogP contribution in [0, 0.1) is 13.8 Å². The molecule has 2 aromatic heterocycles. The predicted molar refractivity (Wildman–Crippen MR) is 95.5 cm³/mol. The lowest BCUT2D eigenvalue weighted by atomic mass is 10.1. The van der Waals surface area contributed by atoms with Gasteiger partial charge in [-0.25, -0.2) is 9.97 Å². The maximum atomic E-state index is 12.5. The van der Waals surface area contributed by atoms with Crippen molar-refractivity contribution < 1.29 is 4.79 Å². The number of anilines is 1. The molecule has 0 saturated heterocycles. The normalized spacial score (nSPS) is 13.1. The lowest BCUT2D eigenvalue weighted by molar-refractivity contribution is 0.103. The van der Waals surface area contributed by atoms with Crippen molar-refractivity contribution in [2.45, 2.75) is 33.2 Å². The second-order valence-electron chi connectivity index (χ2n) is 6.00. The van der Waals surface area contributed by atoms with Crippen molar-refractivity contribution in [1.29, 1.82) is 0 Å². The van der Waals surface area contributed by atoms with Crippen molar-refractivity contribution in [2.24, 2.45) is 0 Å². The molecule has 1 aromatic carbocycles. The molecule has 5 nitrogen and oxygen atoms in total. The first-order valence-electron chi connectivity index (χ1n) is 8.02. The zero-order chi connectivity index (χ0) is 16.7. The second kappa shape index (κ2) is 5.87. The van der Waals surface area contributed by atoms with E-state index in [-0.39, 0.29) is 5.91 Å². The standard InChI is InChI=1S/C18H18N4OS/c1-11-17(24-12(2)20-11)18(23)21-14-6-3-5-13(9-14)15-10-19-16-7-4-8-22(15)16/h3,5-6,9-10H,4,7-8H2,1-2H3,(H,21,23). The number of thiazole rings is 1. The Balaban J connectivity index is 1.61. The zero-order valence-corrected chi connectivity index (χ0v) is 14.5. The van der Waals surface area contributed by atoms with Gasteiger partial charge in [0.05, 0.1) is 22.6 Å². The topological polar surface area (TPSA) is 59.8 Å². The number of hydrogen-bond acceptors (Lipinski definition) is 4. The van der Waals surface area contributed by atoms with Crippen LogP contribution in [-0.2, 0) is 13.0 Å². The Morgan fingerprint density at radius 3 is 3.00 bits per heavy atom. The van der Waals surface area contributed by atoms with Crippen molar-refractivity contribution in [2.75, 3.05) is 5.32 Å². The number of hydrogen-bond donors (Lipinski definition) is 1. The Labute approximate surface area is 144 Å². The number of rotatable bonds is 3. The van der Waals surface area contributed by atoms with Crippen LogP contribution in [0.4, 0.5) is 5.69 Å². The van der Waals surface area contributed by atoms with Gasteiger partial charge in [-0.3, -0.25) is 4.79 Å². The molecule has 122 valence electrons. The van der Waals surface area contributed by atoms with Gasteiger partial charge < -0.3 is 9.88 Å². The number of amides is 1. The van der Waals surface area contributed by atoms with Crippen LogP contribution < -0.4 is 5.32 Å². The Kier molecular flexibility index (Phi) is 3.69. The van der Waals surface area contributed by atoms with Crippen LogP contribution in [0.15, 0.2) is 30.5 Å². The van der Waals surface area contributed by atoms with E-state index in [1.54, 1.807) is 0 Å². The average Bonchev–Trinajstić information content (AvgIpc) is 3.22. The molecule has 0 unspecified atom stereocenters. The molecule has 1 amide bonds. The van der Waals surface area contributed by atoms with Gasteiger partial charge in [-0.1, -0.05) is 12.1 Å². The number of nitrogens with one attached hydrogen (secondary N) is 1. The lowest BCUT2D eigenvalue weighted by Crippen LogP contribution is -2.11. The van der Waals surface area contributed by atoms with Gasteiger partial charge in [-0.2, -0.15) is 0 Å². The number of aromatic nitrogens is 3. The monoisotopic (exact) mass is 338 g/mol. The van der Waals surface area contributed by atoms with Gasteiger partial charge in [-0.15, -0.1) is 11.3 Å². The molecule has 24 heavy (non-hydrogen) atoms. The van der Waals surface area contributed by atoms with Crippen LogP contribution in [0.3, 0.4) is 0 Å². The molecule has 0 spiro atoms. The summed E-state index contributed by atoms with van der Waals surface area (Å²) in [7, 11) is 0. The van der Waals surface area contributed by atoms with Crippen LogP contribution in [0.5, 0.6) is 0 Å². The summed E-state index contributed by atoms with van der Waals surface area (Å²) in [5.41, 5.74) is 3.75. The maximum absolute atomic E-state index is 12.5. The summed E-state index contributed by atoms with van der Waals surface area (Å²) in [5, 5.41) is 3.89. The molecule has 3 heterocycles. The molecule has 6 heteroatoms. The number of nitrogens with zero attached hydrogens (tertiary/aromatic N) is 3. The number of aryl methyl sites for hydroxylation is 3.